The van der Waals surface area contributed by atoms with E-state index in [0.717, 1.165) is 50.8 Å². The van der Waals surface area contributed by atoms with Gasteiger partial charge in [-0.2, -0.15) is 0 Å². The van der Waals surface area contributed by atoms with E-state index in [-0.39, 0.29) is 5.91 Å². The van der Waals surface area contributed by atoms with Gasteiger partial charge >= 0.3 is 7.26 Å². The van der Waals surface area contributed by atoms with Crippen LogP contribution in [-0.4, -0.2) is 27.8 Å². The van der Waals surface area contributed by atoms with Gasteiger partial charge in [-0.25, -0.2) is 8.80 Å². The fourth-order valence-corrected chi connectivity index (χ4v) is 4.24. The van der Waals surface area contributed by atoms with E-state index in [1.807, 2.05) is 78.0 Å². The van der Waals surface area contributed by atoms with E-state index in [4.69, 9.17) is 0 Å². The van der Waals surface area contributed by atoms with Crippen molar-refractivity contribution in [3.8, 4) is 0 Å². The number of fused-ring (bicyclic) bond motifs is 2. The Morgan fingerprint density at radius 3 is 2.31 bits per heavy atom. The van der Waals surface area contributed by atoms with E-state index in [1.165, 1.54) is 6.92 Å². The number of anilines is 1. The summed E-state index contributed by atoms with van der Waals surface area (Å²) in [5.41, 5.74) is 8.52. The highest BCUT2D eigenvalue weighted by Crippen LogP contribution is 2.40. The second-order valence-electron chi connectivity index (χ2n) is 7.32. The average molecular weight is 392 g/mol. The minimum absolute atomic E-state index is 0.103. The van der Waals surface area contributed by atoms with Crippen LogP contribution in [0.2, 0.25) is 0 Å². The van der Waals surface area contributed by atoms with Crippen molar-refractivity contribution in [3.63, 3.8) is 0 Å². The molecule has 0 atom stereocenters. The number of amides is 1. The lowest BCUT2D eigenvalue weighted by molar-refractivity contribution is -0.336. The molecule has 2 aliphatic rings. The first-order valence-corrected chi connectivity index (χ1v) is 10.1. The highest BCUT2D eigenvalue weighted by molar-refractivity contribution is 6.43. The first kappa shape index (κ1) is 20.8. The number of hydrogen-bond donors (Lipinski definition) is 1. The maximum Gasteiger partial charge on any atom is 0.846 e. The van der Waals surface area contributed by atoms with Gasteiger partial charge in [0.1, 0.15) is 0 Å². The zero-order valence-electron chi connectivity index (χ0n) is 18.2. The Bertz CT molecular complexity index is 1070. The summed E-state index contributed by atoms with van der Waals surface area (Å²) in [6, 6.07) is 9.77. The first-order valence-electron chi connectivity index (χ1n) is 10.1. The van der Waals surface area contributed by atoms with E-state index >= 15 is 4.32 Å². The van der Waals surface area contributed by atoms with Crippen molar-refractivity contribution in [3.05, 3.63) is 70.2 Å². The fraction of sp³-hybridized carbons (Fsp3) is 0.304. The number of nitrogens with zero attached hydrogens (tertiary/aromatic N) is 2. The summed E-state index contributed by atoms with van der Waals surface area (Å²) in [5.74, 6) is -0.103. The molecule has 0 radical (unpaired) electrons. The van der Waals surface area contributed by atoms with Gasteiger partial charge in [-0.3, -0.25) is 9.27 Å². The van der Waals surface area contributed by atoms with Gasteiger partial charge in [0.05, 0.1) is 11.3 Å². The molecule has 2 aromatic rings. The topological polar surface area (TPSA) is 37.0 Å². The summed E-state index contributed by atoms with van der Waals surface area (Å²) in [4.78, 5) is 11.3. The maximum atomic E-state index is 15.5. The number of halogens is 1. The number of benzene rings is 1. The molecule has 0 aliphatic carbocycles. The van der Waals surface area contributed by atoms with Gasteiger partial charge in [-0.15, -0.1) is 0 Å². The van der Waals surface area contributed by atoms with Gasteiger partial charge in [-0.05, 0) is 50.1 Å². The van der Waals surface area contributed by atoms with Crippen LogP contribution in [0.15, 0.2) is 47.7 Å². The Hall–Kier alpha value is -2.89. The average Bonchev–Trinajstić information content (AvgIpc) is 3.14. The van der Waals surface area contributed by atoms with Crippen LogP contribution in [0, 0.1) is 13.8 Å². The van der Waals surface area contributed by atoms with E-state index in [1.54, 1.807) is 8.96 Å². The van der Waals surface area contributed by atoms with Crippen molar-refractivity contribution < 1.29 is 13.6 Å². The molecule has 4 nitrogen and oxygen atoms in total. The number of carbonyl (C=O) groups is 1. The minimum Gasteiger partial charge on any atom is -0.326 e. The summed E-state index contributed by atoms with van der Waals surface area (Å²) < 4.78 is 19.0. The minimum atomic E-state index is -1.25. The third kappa shape index (κ3) is 3.37. The van der Waals surface area contributed by atoms with Crippen molar-refractivity contribution in [1.29, 1.82) is 0 Å². The highest BCUT2D eigenvalue weighted by atomic mass is 19.1. The molecule has 0 fully saturated rings. The Balaban J connectivity index is 0.00000117. The van der Waals surface area contributed by atoms with Gasteiger partial charge in [0.25, 0.3) is 0 Å². The van der Waals surface area contributed by atoms with Crippen LogP contribution >= 0.6 is 0 Å². The lowest BCUT2D eigenvalue weighted by Gasteiger charge is -2.22. The molecular weight excluding hydrogens is 364 g/mol. The molecule has 150 valence electrons. The monoisotopic (exact) mass is 392 g/mol. The normalized spacial score (nSPS) is 14.9. The summed E-state index contributed by atoms with van der Waals surface area (Å²) in [6.45, 7) is 13.4. The zero-order chi connectivity index (χ0) is 21.5. The van der Waals surface area contributed by atoms with Gasteiger partial charge < -0.3 is 5.32 Å². The van der Waals surface area contributed by atoms with Crippen molar-refractivity contribution >= 4 is 30.1 Å². The molecule has 4 rings (SSSR count). The number of aryl methyl sites for hydroxylation is 2. The third-order valence-corrected chi connectivity index (χ3v) is 5.23. The largest absolute Gasteiger partial charge is 0.846 e. The van der Waals surface area contributed by atoms with E-state index in [2.05, 4.69) is 5.32 Å². The standard InChI is InChI=1S/C21H21BFN3O.C2H6/c1-12-10-14(3)25-20(12)19(17-6-8-18(9-7-17)24-16(5)27)21-13(2)11-15(4)26(21)22(25)23;1-2/h6-11H,1-5H3;1-2H3/p+1. The molecule has 0 unspecified atom stereocenters. The first-order chi connectivity index (χ1) is 13.8. The molecule has 0 bridgehead atoms. The Morgan fingerprint density at radius 2 is 1.72 bits per heavy atom. The molecular formula is C23H28BFN3O+. The quantitative estimate of drug-likeness (QED) is 0.710. The van der Waals surface area contributed by atoms with Crippen LogP contribution in [0.5, 0.6) is 0 Å². The second kappa shape index (κ2) is 7.86. The Labute approximate surface area is 172 Å². The van der Waals surface area contributed by atoms with Crippen LogP contribution in [0.4, 0.5) is 10.0 Å². The molecule has 29 heavy (non-hydrogen) atoms. The molecule has 2 aliphatic heterocycles. The summed E-state index contributed by atoms with van der Waals surface area (Å²) in [6.07, 6.45) is 2.03. The molecule has 3 heterocycles. The van der Waals surface area contributed by atoms with Crippen LogP contribution < -0.4 is 5.32 Å². The van der Waals surface area contributed by atoms with Crippen molar-refractivity contribution in [1.82, 2.24) is 4.48 Å². The lowest BCUT2D eigenvalue weighted by Crippen LogP contribution is -2.40. The van der Waals surface area contributed by atoms with Gasteiger partial charge in [0, 0.05) is 36.9 Å². The van der Waals surface area contributed by atoms with Gasteiger partial charge in [-0.1, -0.05) is 26.0 Å². The molecule has 0 saturated carbocycles. The number of carbonyl (C=O) groups excluding carboxylic acids is 1. The number of hydrogen-bond acceptors (Lipinski definition) is 1. The highest BCUT2D eigenvalue weighted by Gasteiger charge is 2.51. The summed E-state index contributed by atoms with van der Waals surface area (Å²) >= 11 is 0. The van der Waals surface area contributed by atoms with Crippen molar-refractivity contribution in [2.24, 2.45) is 0 Å². The zero-order valence-corrected chi connectivity index (χ0v) is 18.2. The van der Waals surface area contributed by atoms with Crippen LogP contribution in [0.3, 0.4) is 0 Å². The molecule has 1 N–H and O–H groups in total. The number of allylic oxidation sites excluding steroid dienone is 2. The third-order valence-electron chi connectivity index (χ3n) is 5.23. The number of aromatic nitrogens is 1. The SMILES string of the molecule is CC.CC(=O)Nc1ccc(C2=C3C(C)=CC(C)=[N+]3B(F)n3c(C)cc(C)c32)cc1. The number of rotatable bonds is 2. The van der Waals surface area contributed by atoms with Gasteiger partial charge in [0.15, 0.2) is 11.4 Å². The predicted molar refractivity (Wildman–Crippen MR) is 119 cm³/mol. The molecule has 6 heteroatoms. The summed E-state index contributed by atoms with van der Waals surface area (Å²) in [5, 5.41) is 2.79. The van der Waals surface area contributed by atoms with E-state index < -0.39 is 7.26 Å². The fourth-order valence-electron chi connectivity index (χ4n) is 4.24. The second-order valence-corrected chi connectivity index (χ2v) is 7.32. The molecule has 1 aromatic heterocycles. The van der Waals surface area contributed by atoms with Crippen LogP contribution in [0.25, 0.3) is 5.57 Å². The smallest absolute Gasteiger partial charge is 0.326 e. The van der Waals surface area contributed by atoms with E-state index in [9.17, 15) is 4.79 Å². The Morgan fingerprint density at radius 1 is 1.10 bits per heavy atom. The number of nitrogens with one attached hydrogen (secondary N) is 1. The Kier molecular flexibility index (Phi) is 5.65. The lowest BCUT2D eigenvalue weighted by atomic mass is 9.87. The molecule has 1 amide bonds. The molecule has 0 saturated heterocycles. The molecule has 0 spiro atoms. The molecule has 1 aromatic carbocycles. The van der Waals surface area contributed by atoms with Crippen molar-refractivity contribution in [2.45, 2.75) is 48.5 Å². The predicted octanol–water partition coefficient (Wildman–Crippen LogP) is 5.10. The maximum absolute atomic E-state index is 15.5. The van der Waals surface area contributed by atoms with Crippen LogP contribution in [-0.2, 0) is 4.79 Å². The van der Waals surface area contributed by atoms with Gasteiger partial charge in [0.2, 0.25) is 5.91 Å². The van der Waals surface area contributed by atoms with E-state index in [0.29, 0.717) is 0 Å². The van der Waals surface area contributed by atoms with Crippen molar-refractivity contribution in [2.75, 3.05) is 5.32 Å². The summed E-state index contributed by atoms with van der Waals surface area (Å²) in [7, 11) is -1.25. The van der Waals surface area contributed by atoms with Crippen LogP contribution in [0.1, 0.15) is 57.1 Å².